The standard InChI is InChI=1S/C17H16Cl2F3NO4/c1-7-5-9(25-2)14(26-3)15(27-4)10(7)13(24)11-8(18)6-23-16(19)12(11)17(20,21)22/h5-6,13,24H,1-4H3. The molecule has 5 nitrogen and oxygen atoms in total. The van der Waals surface area contributed by atoms with Gasteiger partial charge in [-0.3, -0.25) is 0 Å². The van der Waals surface area contributed by atoms with E-state index >= 15 is 0 Å². The SMILES string of the molecule is COc1cc(C)c(C(O)c2c(Cl)cnc(Cl)c2C(F)(F)F)c(OC)c1OC. The average Bonchev–Trinajstić information content (AvgIpc) is 2.60. The van der Waals surface area contributed by atoms with Gasteiger partial charge in [-0.1, -0.05) is 23.2 Å². The van der Waals surface area contributed by atoms with Gasteiger partial charge in [-0.2, -0.15) is 13.2 Å². The van der Waals surface area contributed by atoms with E-state index in [0.717, 1.165) is 6.20 Å². The molecule has 1 atom stereocenters. The number of benzene rings is 1. The second-order valence-electron chi connectivity index (χ2n) is 5.46. The predicted octanol–water partition coefficient (Wildman–Crippen LogP) is 4.82. The number of hydrogen-bond acceptors (Lipinski definition) is 5. The van der Waals surface area contributed by atoms with E-state index in [1.807, 2.05) is 0 Å². The number of rotatable bonds is 5. The maximum absolute atomic E-state index is 13.5. The number of hydrogen-bond donors (Lipinski definition) is 1. The molecule has 0 aliphatic heterocycles. The molecule has 0 aliphatic carbocycles. The summed E-state index contributed by atoms with van der Waals surface area (Å²) in [4.78, 5) is 3.43. The molecule has 0 radical (unpaired) electrons. The summed E-state index contributed by atoms with van der Waals surface area (Å²) in [5.74, 6) is 0.418. The first-order chi connectivity index (χ1) is 12.6. The van der Waals surface area contributed by atoms with Gasteiger partial charge in [0.2, 0.25) is 5.75 Å². The van der Waals surface area contributed by atoms with Crippen molar-refractivity contribution in [3.63, 3.8) is 0 Å². The monoisotopic (exact) mass is 425 g/mol. The van der Waals surface area contributed by atoms with Crippen LogP contribution in [0.15, 0.2) is 12.3 Å². The first-order valence-corrected chi connectivity index (χ1v) is 8.22. The number of alkyl halides is 3. The van der Waals surface area contributed by atoms with E-state index in [1.165, 1.54) is 27.4 Å². The van der Waals surface area contributed by atoms with Crippen molar-refractivity contribution < 1.29 is 32.5 Å². The zero-order valence-electron chi connectivity index (χ0n) is 14.7. The quantitative estimate of drug-likeness (QED) is 0.695. The number of aryl methyl sites for hydroxylation is 1. The van der Waals surface area contributed by atoms with Crippen molar-refractivity contribution in [3.8, 4) is 17.2 Å². The van der Waals surface area contributed by atoms with Crippen LogP contribution in [-0.4, -0.2) is 31.4 Å². The highest BCUT2D eigenvalue weighted by Gasteiger charge is 2.41. The van der Waals surface area contributed by atoms with Crippen LogP contribution in [-0.2, 0) is 6.18 Å². The van der Waals surface area contributed by atoms with Crippen molar-refractivity contribution in [1.29, 1.82) is 0 Å². The third-order valence-corrected chi connectivity index (χ3v) is 4.52. The Morgan fingerprint density at radius 3 is 2.11 bits per heavy atom. The molecule has 148 valence electrons. The zero-order chi connectivity index (χ0) is 20.5. The Balaban J connectivity index is 2.84. The van der Waals surface area contributed by atoms with Crippen molar-refractivity contribution in [2.75, 3.05) is 21.3 Å². The van der Waals surface area contributed by atoms with E-state index in [-0.39, 0.29) is 22.8 Å². The van der Waals surface area contributed by atoms with Crippen molar-refractivity contribution in [2.45, 2.75) is 19.2 Å². The van der Waals surface area contributed by atoms with Crippen LogP contribution in [0, 0.1) is 6.92 Å². The fourth-order valence-corrected chi connectivity index (χ4v) is 3.30. The number of nitrogens with zero attached hydrogens (tertiary/aromatic N) is 1. The molecule has 0 aliphatic rings. The van der Waals surface area contributed by atoms with Gasteiger partial charge in [-0.25, -0.2) is 4.98 Å². The van der Waals surface area contributed by atoms with Crippen LogP contribution in [0.1, 0.15) is 28.4 Å². The number of aliphatic hydroxyl groups is 1. The van der Waals surface area contributed by atoms with Gasteiger partial charge in [0.05, 0.1) is 26.4 Å². The first-order valence-electron chi connectivity index (χ1n) is 7.47. The largest absolute Gasteiger partial charge is 0.493 e. The summed E-state index contributed by atoms with van der Waals surface area (Å²) >= 11 is 11.6. The Morgan fingerprint density at radius 2 is 1.63 bits per heavy atom. The number of pyridine rings is 1. The number of halogens is 5. The van der Waals surface area contributed by atoms with Gasteiger partial charge < -0.3 is 19.3 Å². The average molecular weight is 426 g/mol. The molecule has 2 rings (SSSR count). The third-order valence-electron chi connectivity index (χ3n) is 3.93. The van der Waals surface area contributed by atoms with Crippen molar-refractivity contribution in [1.82, 2.24) is 4.98 Å². The van der Waals surface area contributed by atoms with Crippen LogP contribution in [0.4, 0.5) is 13.2 Å². The molecule has 10 heteroatoms. The molecule has 0 bridgehead atoms. The molecule has 0 saturated carbocycles. The number of aliphatic hydroxyl groups excluding tert-OH is 1. The highest BCUT2D eigenvalue weighted by atomic mass is 35.5. The summed E-state index contributed by atoms with van der Waals surface area (Å²) in [5, 5.41) is 9.66. The van der Waals surface area contributed by atoms with Crippen LogP contribution in [0.2, 0.25) is 10.2 Å². The Morgan fingerprint density at radius 1 is 1.04 bits per heavy atom. The minimum Gasteiger partial charge on any atom is -0.493 e. The van der Waals surface area contributed by atoms with Crippen LogP contribution in [0.5, 0.6) is 17.2 Å². The Kier molecular flexibility index (Phi) is 6.34. The number of methoxy groups -OCH3 is 3. The minimum atomic E-state index is -4.89. The highest BCUT2D eigenvalue weighted by Crippen LogP contribution is 2.49. The van der Waals surface area contributed by atoms with E-state index in [9.17, 15) is 18.3 Å². The molecular weight excluding hydrogens is 410 g/mol. The maximum atomic E-state index is 13.5. The van der Waals surface area contributed by atoms with Gasteiger partial charge in [-0.05, 0) is 18.6 Å². The number of ether oxygens (including phenoxy) is 3. The lowest BCUT2D eigenvalue weighted by Gasteiger charge is -2.24. The van der Waals surface area contributed by atoms with Gasteiger partial charge in [0.25, 0.3) is 0 Å². The molecule has 1 aromatic carbocycles. The minimum absolute atomic E-state index is 0.0129. The summed E-state index contributed by atoms with van der Waals surface area (Å²) < 4.78 is 56.4. The Bertz CT molecular complexity index is 859. The van der Waals surface area contributed by atoms with Crippen LogP contribution >= 0.6 is 23.2 Å². The molecule has 2 aromatic rings. The normalized spacial score (nSPS) is 12.7. The predicted molar refractivity (Wildman–Crippen MR) is 94.2 cm³/mol. The zero-order valence-corrected chi connectivity index (χ0v) is 16.3. The lowest BCUT2D eigenvalue weighted by Crippen LogP contribution is -2.16. The van der Waals surface area contributed by atoms with Gasteiger partial charge in [0, 0.05) is 17.3 Å². The smallest absolute Gasteiger partial charge is 0.419 e. The molecule has 27 heavy (non-hydrogen) atoms. The molecule has 0 spiro atoms. The molecule has 1 N–H and O–H groups in total. The molecule has 0 amide bonds. The second kappa shape index (κ2) is 8.00. The Hall–Kier alpha value is -1.90. The van der Waals surface area contributed by atoms with Crippen molar-refractivity contribution in [3.05, 3.63) is 44.7 Å². The van der Waals surface area contributed by atoms with E-state index in [4.69, 9.17) is 37.4 Å². The second-order valence-corrected chi connectivity index (χ2v) is 6.23. The molecule has 0 fully saturated rings. The van der Waals surface area contributed by atoms with Crippen LogP contribution < -0.4 is 14.2 Å². The van der Waals surface area contributed by atoms with Gasteiger partial charge in [0.15, 0.2) is 11.5 Å². The molecule has 1 unspecified atom stereocenters. The lowest BCUT2D eigenvalue weighted by molar-refractivity contribution is -0.139. The summed E-state index contributed by atoms with van der Waals surface area (Å²) in [6.45, 7) is 1.58. The van der Waals surface area contributed by atoms with E-state index < -0.39 is 33.6 Å². The summed E-state index contributed by atoms with van der Waals surface area (Å²) in [6.07, 6.45) is -5.76. The molecule has 1 aromatic heterocycles. The fraction of sp³-hybridized carbons (Fsp3) is 0.353. The summed E-state index contributed by atoms with van der Waals surface area (Å²) in [5.41, 5.74) is -1.52. The van der Waals surface area contributed by atoms with Crippen LogP contribution in [0.3, 0.4) is 0 Å². The lowest BCUT2D eigenvalue weighted by atomic mass is 9.93. The fourth-order valence-electron chi connectivity index (χ4n) is 2.80. The summed E-state index contributed by atoms with van der Waals surface area (Å²) in [7, 11) is 4.02. The van der Waals surface area contributed by atoms with Gasteiger partial charge in [0.1, 0.15) is 16.8 Å². The maximum Gasteiger partial charge on any atom is 0.419 e. The molecule has 0 saturated heterocycles. The first kappa shape index (κ1) is 21.4. The summed E-state index contributed by atoms with van der Waals surface area (Å²) in [6, 6.07) is 1.50. The van der Waals surface area contributed by atoms with Gasteiger partial charge >= 0.3 is 6.18 Å². The molecule has 1 heterocycles. The number of aromatic nitrogens is 1. The van der Waals surface area contributed by atoms with E-state index in [2.05, 4.69) is 4.98 Å². The molecular formula is C17H16Cl2F3NO4. The van der Waals surface area contributed by atoms with Crippen LogP contribution in [0.25, 0.3) is 0 Å². The Labute approximate surface area is 163 Å². The highest BCUT2D eigenvalue weighted by molar-refractivity contribution is 6.33. The van der Waals surface area contributed by atoms with Gasteiger partial charge in [-0.15, -0.1) is 0 Å². The van der Waals surface area contributed by atoms with Crippen molar-refractivity contribution in [2.24, 2.45) is 0 Å². The third kappa shape index (κ3) is 3.88. The van der Waals surface area contributed by atoms with E-state index in [0.29, 0.717) is 5.56 Å². The van der Waals surface area contributed by atoms with E-state index in [1.54, 1.807) is 6.92 Å². The topological polar surface area (TPSA) is 60.8 Å². The van der Waals surface area contributed by atoms with Crippen molar-refractivity contribution >= 4 is 23.2 Å².